The summed E-state index contributed by atoms with van der Waals surface area (Å²) in [5.41, 5.74) is 4.48. The van der Waals surface area contributed by atoms with Gasteiger partial charge in [0.1, 0.15) is 11.5 Å². The molecule has 0 amide bonds. The average Bonchev–Trinajstić information content (AvgIpc) is 3.58. The van der Waals surface area contributed by atoms with E-state index >= 15 is 0 Å². The molecular formula is C40H34Cl2N2O10. The van der Waals surface area contributed by atoms with Gasteiger partial charge < -0.3 is 24.4 Å². The number of methoxy groups -OCH3 is 2. The maximum absolute atomic E-state index is 13.2. The lowest BCUT2D eigenvalue weighted by molar-refractivity contribution is -0.154. The number of fused-ring (bicyclic) bond motifs is 2. The fourth-order valence-electron chi connectivity index (χ4n) is 6.08. The number of aliphatic carboxylic acids is 2. The standard InChI is InChI=1S/C21H18ClNO6.C19H16ClNO4/c1-12-16(10-20(26)29-11-19(24)25)17-9-15(28-2)7-8-18(17)23(12)21(27)13-3-5-14(22)6-4-13;1-11-15(10-18(22)23)16-9-14(25-2)7-8-17(16)21(11)19(24)12-3-5-13(20)6-4-12/h3-9H,10-11H2,1-2H3,(H,24,25);3-9H,10H2,1-2H3,(H,22,23). The maximum Gasteiger partial charge on any atom is 0.341 e. The lowest BCUT2D eigenvalue weighted by Crippen LogP contribution is -2.16. The molecule has 0 fully saturated rings. The van der Waals surface area contributed by atoms with Crippen molar-refractivity contribution in [3.8, 4) is 11.5 Å². The zero-order valence-corrected chi connectivity index (χ0v) is 31.0. The number of hydrogen-bond donors (Lipinski definition) is 2. The van der Waals surface area contributed by atoms with Crippen molar-refractivity contribution >= 4 is 74.7 Å². The van der Waals surface area contributed by atoms with Crippen molar-refractivity contribution < 1.29 is 48.4 Å². The third-order valence-electron chi connectivity index (χ3n) is 8.68. The van der Waals surface area contributed by atoms with Gasteiger partial charge in [0.05, 0.1) is 38.1 Å². The van der Waals surface area contributed by atoms with E-state index in [0.717, 1.165) is 0 Å². The van der Waals surface area contributed by atoms with Crippen LogP contribution in [0.1, 0.15) is 43.2 Å². The minimum absolute atomic E-state index is 0.170. The molecule has 0 unspecified atom stereocenters. The number of rotatable bonds is 10. The Morgan fingerprint density at radius 1 is 0.593 bits per heavy atom. The highest BCUT2D eigenvalue weighted by atomic mass is 35.5. The van der Waals surface area contributed by atoms with Crippen molar-refractivity contribution in [1.29, 1.82) is 0 Å². The number of carbonyl (C=O) groups is 5. The van der Waals surface area contributed by atoms with E-state index in [-0.39, 0.29) is 24.7 Å². The molecule has 0 bridgehead atoms. The summed E-state index contributed by atoms with van der Waals surface area (Å²) in [6, 6.07) is 23.6. The number of aromatic nitrogens is 2. The molecule has 14 heteroatoms. The van der Waals surface area contributed by atoms with Gasteiger partial charge in [-0.2, -0.15) is 0 Å². The van der Waals surface area contributed by atoms with Gasteiger partial charge in [0.25, 0.3) is 11.8 Å². The molecular weight excluding hydrogens is 739 g/mol. The highest BCUT2D eigenvalue weighted by Gasteiger charge is 2.24. The Labute approximate surface area is 319 Å². The molecule has 54 heavy (non-hydrogen) atoms. The minimum atomic E-state index is -1.24. The largest absolute Gasteiger partial charge is 0.497 e. The molecule has 12 nitrogen and oxygen atoms in total. The highest BCUT2D eigenvalue weighted by molar-refractivity contribution is 6.31. The molecule has 0 aliphatic rings. The van der Waals surface area contributed by atoms with Crippen molar-refractivity contribution in [3.05, 3.63) is 129 Å². The van der Waals surface area contributed by atoms with E-state index in [1.54, 1.807) is 106 Å². The zero-order valence-electron chi connectivity index (χ0n) is 29.5. The summed E-state index contributed by atoms with van der Waals surface area (Å²) in [4.78, 5) is 60.2. The highest BCUT2D eigenvalue weighted by Crippen LogP contribution is 2.32. The Balaban J connectivity index is 0.000000210. The zero-order chi connectivity index (χ0) is 39.3. The number of carboxylic acids is 2. The quantitative estimate of drug-likeness (QED) is 0.134. The molecule has 0 saturated carbocycles. The summed E-state index contributed by atoms with van der Waals surface area (Å²) in [6.45, 7) is 2.75. The smallest absolute Gasteiger partial charge is 0.341 e. The van der Waals surface area contributed by atoms with E-state index in [1.807, 2.05) is 0 Å². The van der Waals surface area contributed by atoms with Crippen molar-refractivity contribution in [3.63, 3.8) is 0 Å². The second kappa shape index (κ2) is 16.7. The van der Waals surface area contributed by atoms with Gasteiger partial charge in [-0.3, -0.25) is 28.3 Å². The molecule has 0 aliphatic heterocycles. The van der Waals surface area contributed by atoms with Gasteiger partial charge in [0, 0.05) is 43.3 Å². The monoisotopic (exact) mass is 772 g/mol. The maximum atomic E-state index is 13.2. The lowest BCUT2D eigenvalue weighted by Gasteiger charge is -2.08. The molecule has 2 heterocycles. The fraction of sp³-hybridized carbons (Fsp3) is 0.175. The van der Waals surface area contributed by atoms with Gasteiger partial charge in [0.15, 0.2) is 6.61 Å². The number of esters is 1. The van der Waals surface area contributed by atoms with Crippen LogP contribution < -0.4 is 9.47 Å². The van der Waals surface area contributed by atoms with E-state index in [1.165, 1.54) is 16.2 Å². The van der Waals surface area contributed by atoms with Crippen LogP contribution in [-0.4, -0.2) is 69.9 Å². The van der Waals surface area contributed by atoms with Crippen molar-refractivity contribution in [1.82, 2.24) is 9.13 Å². The summed E-state index contributed by atoms with van der Waals surface area (Å²) in [7, 11) is 3.06. The minimum Gasteiger partial charge on any atom is -0.497 e. The van der Waals surface area contributed by atoms with Crippen LogP contribution in [0, 0.1) is 13.8 Å². The van der Waals surface area contributed by atoms with Crippen molar-refractivity contribution in [2.45, 2.75) is 26.7 Å². The first-order chi connectivity index (χ1) is 25.7. The topological polar surface area (TPSA) is 163 Å². The molecule has 2 aromatic heterocycles. The van der Waals surface area contributed by atoms with E-state index in [9.17, 15) is 29.1 Å². The van der Waals surface area contributed by atoms with Gasteiger partial charge in [-0.1, -0.05) is 23.2 Å². The van der Waals surface area contributed by atoms with Crippen LogP contribution in [0.5, 0.6) is 11.5 Å². The van der Waals surface area contributed by atoms with Crippen LogP contribution in [-0.2, 0) is 32.0 Å². The van der Waals surface area contributed by atoms with Crippen LogP contribution >= 0.6 is 23.2 Å². The Morgan fingerprint density at radius 3 is 1.37 bits per heavy atom. The first-order valence-electron chi connectivity index (χ1n) is 16.3. The van der Waals surface area contributed by atoms with E-state index in [2.05, 4.69) is 0 Å². The van der Waals surface area contributed by atoms with Gasteiger partial charge in [-0.25, -0.2) is 4.79 Å². The van der Waals surface area contributed by atoms with Crippen LogP contribution in [0.4, 0.5) is 0 Å². The molecule has 6 rings (SSSR count). The first-order valence-corrected chi connectivity index (χ1v) is 17.0. The van der Waals surface area contributed by atoms with Crippen LogP contribution in [0.3, 0.4) is 0 Å². The normalized spacial score (nSPS) is 10.8. The third kappa shape index (κ3) is 8.41. The first kappa shape index (κ1) is 39.1. The Hall–Kier alpha value is -6.11. The summed E-state index contributed by atoms with van der Waals surface area (Å²) < 4.78 is 18.3. The van der Waals surface area contributed by atoms with E-state index in [4.69, 9.17) is 42.5 Å². The average molecular weight is 774 g/mol. The van der Waals surface area contributed by atoms with E-state index in [0.29, 0.717) is 77.0 Å². The predicted molar refractivity (Wildman–Crippen MR) is 202 cm³/mol. The molecule has 278 valence electrons. The number of carboxylic acid groups (broad SMARTS) is 2. The van der Waals surface area contributed by atoms with Gasteiger partial charge in [-0.15, -0.1) is 0 Å². The number of nitrogens with zero attached hydrogens (tertiary/aromatic N) is 2. The molecule has 0 saturated heterocycles. The SMILES string of the molecule is COc1ccc2c(c1)c(CC(=O)O)c(C)n2C(=O)c1ccc(Cl)cc1.COc1ccc2c(c1)c(CC(=O)OCC(=O)O)c(C)n2C(=O)c1ccc(Cl)cc1. The van der Waals surface area contributed by atoms with Crippen LogP contribution in [0.15, 0.2) is 84.9 Å². The van der Waals surface area contributed by atoms with Gasteiger partial charge in [-0.05, 0) is 110 Å². The number of benzene rings is 4. The van der Waals surface area contributed by atoms with Gasteiger partial charge in [0.2, 0.25) is 0 Å². The second-order valence-corrected chi connectivity index (χ2v) is 12.9. The third-order valence-corrected chi connectivity index (χ3v) is 9.18. The molecule has 4 aromatic carbocycles. The second-order valence-electron chi connectivity index (χ2n) is 12.0. The number of ether oxygens (including phenoxy) is 3. The van der Waals surface area contributed by atoms with Crippen LogP contribution in [0.25, 0.3) is 21.8 Å². The van der Waals surface area contributed by atoms with Crippen molar-refractivity contribution in [2.24, 2.45) is 0 Å². The number of hydrogen-bond acceptors (Lipinski definition) is 8. The summed E-state index contributed by atoms with van der Waals surface area (Å²) in [5.74, 6) is -2.23. The summed E-state index contributed by atoms with van der Waals surface area (Å²) in [5, 5.41) is 20.3. The Bertz CT molecular complexity index is 2410. The van der Waals surface area contributed by atoms with Gasteiger partial charge >= 0.3 is 17.9 Å². The molecule has 0 spiro atoms. The molecule has 2 N–H and O–H groups in total. The Morgan fingerprint density at radius 2 is 1.00 bits per heavy atom. The molecule has 0 aliphatic carbocycles. The summed E-state index contributed by atoms with van der Waals surface area (Å²) in [6.07, 6.45) is -0.347. The fourth-order valence-corrected chi connectivity index (χ4v) is 6.33. The Kier molecular flexibility index (Phi) is 12.1. The molecule has 0 radical (unpaired) electrons. The number of halogens is 2. The predicted octanol–water partition coefficient (Wildman–Crippen LogP) is 7.40. The van der Waals surface area contributed by atoms with Crippen molar-refractivity contribution in [2.75, 3.05) is 20.8 Å². The van der Waals surface area contributed by atoms with E-state index < -0.39 is 24.5 Å². The van der Waals surface area contributed by atoms with Crippen LogP contribution in [0.2, 0.25) is 10.0 Å². The molecule has 6 aromatic rings. The lowest BCUT2D eigenvalue weighted by atomic mass is 10.1. The summed E-state index contributed by atoms with van der Waals surface area (Å²) >= 11 is 11.8. The number of carbonyl (C=O) groups excluding carboxylic acids is 3. The molecule has 0 atom stereocenters.